The van der Waals surface area contributed by atoms with E-state index in [9.17, 15) is 4.79 Å². The Morgan fingerprint density at radius 3 is 2.86 bits per heavy atom. The fourth-order valence-electron chi connectivity index (χ4n) is 1.15. The van der Waals surface area contributed by atoms with Crippen molar-refractivity contribution in [3.05, 3.63) is 35.4 Å². The average molecular weight is 233 g/mol. The Hall–Kier alpha value is -0.730. The Morgan fingerprint density at radius 2 is 2.29 bits per heavy atom. The van der Waals surface area contributed by atoms with Crippen molar-refractivity contribution in [1.82, 2.24) is 0 Å². The fourth-order valence-corrected chi connectivity index (χ4v) is 1.46. The van der Waals surface area contributed by atoms with E-state index in [0.717, 1.165) is 12.0 Å². The van der Waals surface area contributed by atoms with Crippen LogP contribution >= 0.6 is 23.5 Å². The SMILES string of the molecule is CCc1cccc(C(Cl)C(=O)OCl)c1. The highest BCUT2D eigenvalue weighted by Gasteiger charge is 2.18. The monoisotopic (exact) mass is 232 g/mol. The lowest BCUT2D eigenvalue weighted by molar-refractivity contribution is -0.133. The van der Waals surface area contributed by atoms with E-state index >= 15 is 0 Å². The molecule has 1 atom stereocenters. The van der Waals surface area contributed by atoms with Gasteiger partial charge >= 0.3 is 5.97 Å². The maximum Gasteiger partial charge on any atom is 0.346 e. The van der Waals surface area contributed by atoms with E-state index in [1.54, 1.807) is 6.07 Å². The molecule has 0 spiro atoms. The van der Waals surface area contributed by atoms with Gasteiger partial charge in [-0.05, 0) is 17.5 Å². The van der Waals surface area contributed by atoms with Crippen LogP contribution in [0.25, 0.3) is 0 Å². The van der Waals surface area contributed by atoms with E-state index in [-0.39, 0.29) is 0 Å². The summed E-state index contributed by atoms with van der Waals surface area (Å²) in [5.74, 6) is -0.651. The maximum atomic E-state index is 11.0. The maximum absolute atomic E-state index is 11.0. The summed E-state index contributed by atoms with van der Waals surface area (Å²) in [5, 5.41) is -0.834. The summed E-state index contributed by atoms with van der Waals surface area (Å²) in [7, 11) is 0. The van der Waals surface area contributed by atoms with E-state index in [1.165, 1.54) is 0 Å². The number of carbonyl (C=O) groups is 1. The molecule has 0 radical (unpaired) electrons. The molecule has 0 aromatic heterocycles. The van der Waals surface area contributed by atoms with Crippen molar-refractivity contribution in [3.8, 4) is 0 Å². The summed E-state index contributed by atoms with van der Waals surface area (Å²) in [6.07, 6.45) is 0.896. The number of benzene rings is 1. The Labute approximate surface area is 92.9 Å². The zero-order chi connectivity index (χ0) is 10.6. The molecule has 1 unspecified atom stereocenters. The van der Waals surface area contributed by atoms with Crippen LogP contribution in [0.3, 0.4) is 0 Å². The van der Waals surface area contributed by atoms with Gasteiger partial charge in [0.15, 0.2) is 5.38 Å². The van der Waals surface area contributed by atoms with Gasteiger partial charge in [0.25, 0.3) is 0 Å². The van der Waals surface area contributed by atoms with E-state index in [2.05, 4.69) is 4.29 Å². The van der Waals surface area contributed by atoms with Crippen LogP contribution in [0.5, 0.6) is 0 Å². The largest absolute Gasteiger partial charge is 0.346 e. The van der Waals surface area contributed by atoms with Gasteiger partial charge in [0.05, 0.1) is 0 Å². The molecule has 0 bridgehead atoms. The first kappa shape index (κ1) is 11.3. The lowest BCUT2D eigenvalue weighted by Gasteiger charge is -2.07. The molecule has 0 heterocycles. The van der Waals surface area contributed by atoms with Crippen LogP contribution in [0.1, 0.15) is 23.4 Å². The van der Waals surface area contributed by atoms with Gasteiger partial charge < -0.3 is 4.29 Å². The molecular weight excluding hydrogens is 223 g/mol. The zero-order valence-electron chi connectivity index (χ0n) is 7.67. The number of hydrogen-bond donors (Lipinski definition) is 0. The van der Waals surface area contributed by atoms with Gasteiger partial charge in [0.1, 0.15) is 11.9 Å². The summed E-state index contributed by atoms with van der Waals surface area (Å²) in [6, 6.07) is 7.46. The Morgan fingerprint density at radius 1 is 1.57 bits per heavy atom. The third kappa shape index (κ3) is 2.63. The minimum Gasteiger partial charge on any atom is -0.346 e. The van der Waals surface area contributed by atoms with Crippen molar-refractivity contribution >= 4 is 29.4 Å². The standard InChI is InChI=1S/C10H10Cl2O2/c1-2-7-4-3-5-8(6-7)9(11)10(13)14-12/h3-6,9H,2H2,1H3. The molecule has 2 nitrogen and oxygen atoms in total. The Bertz CT molecular complexity index is 326. The summed E-state index contributed by atoms with van der Waals surface area (Å²) in [5.41, 5.74) is 1.83. The predicted molar refractivity (Wildman–Crippen MR) is 56.4 cm³/mol. The van der Waals surface area contributed by atoms with Crippen LogP contribution in [0, 0.1) is 0 Å². The van der Waals surface area contributed by atoms with Crippen LogP contribution in [0.2, 0.25) is 0 Å². The Balaban J connectivity index is 2.89. The van der Waals surface area contributed by atoms with Gasteiger partial charge in [-0.25, -0.2) is 4.79 Å². The van der Waals surface area contributed by atoms with Crippen LogP contribution in [-0.4, -0.2) is 5.97 Å². The van der Waals surface area contributed by atoms with Crippen LogP contribution < -0.4 is 0 Å². The normalized spacial score (nSPS) is 12.2. The number of aryl methyl sites for hydroxylation is 1. The highest BCUT2D eigenvalue weighted by Crippen LogP contribution is 2.23. The van der Waals surface area contributed by atoms with Crippen LogP contribution in [0.15, 0.2) is 24.3 Å². The van der Waals surface area contributed by atoms with E-state index in [0.29, 0.717) is 5.56 Å². The first-order valence-corrected chi connectivity index (χ1v) is 4.99. The summed E-state index contributed by atoms with van der Waals surface area (Å²) in [4.78, 5) is 11.0. The molecule has 14 heavy (non-hydrogen) atoms. The molecule has 0 aliphatic heterocycles. The molecule has 1 aromatic rings. The first-order chi connectivity index (χ1) is 6.69. The molecule has 0 saturated heterocycles. The number of alkyl halides is 1. The number of hydrogen-bond acceptors (Lipinski definition) is 2. The second kappa shape index (κ2) is 5.23. The van der Waals surface area contributed by atoms with E-state index < -0.39 is 11.3 Å². The first-order valence-electron chi connectivity index (χ1n) is 4.24. The molecule has 1 rings (SSSR count). The molecule has 76 valence electrons. The van der Waals surface area contributed by atoms with Crippen LogP contribution in [0.4, 0.5) is 0 Å². The molecule has 1 aromatic carbocycles. The van der Waals surface area contributed by atoms with E-state index in [4.69, 9.17) is 23.5 Å². The molecule has 0 aliphatic rings. The summed E-state index contributed by atoms with van der Waals surface area (Å²) in [6.45, 7) is 2.03. The van der Waals surface area contributed by atoms with Gasteiger partial charge in [-0.1, -0.05) is 31.2 Å². The van der Waals surface area contributed by atoms with Gasteiger partial charge in [-0.3, -0.25) is 0 Å². The molecule has 0 N–H and O–H groups in total. The average Bonchev–Trinajstić information content (AvgIpc) is 2.27. The van der Waals surface area contributed by atoms with E-state index in [1.807, 2.05) is 25.1 Å². The quantitative estimate of drug-likeness (QED) is 0.749. The van der Waals surface area contributed by atoms with Crippen molar-refractivity contribution in [2.24, 2.45) is 0 Å². The van der Waals surface area contributed by atoms with Gasteiger partial charge in [-0.15, -0.1) is 11.6 Å². The van der Waals surface area contributed by atoms with Gasteiger partial charge in [0, 0.05) is 0 Å². The predicted octanol–water partition coefficient (Wildman–Crippen LogP) is 3.23. The molecule has 0 fully saturated rings. The third-order valence-electron chi connectivity index (χ3n) is 1.93. The third-order valence-corrected chi connectivity index (χ3v) is 2.52. The van der Waals surface area contributed by atoms with Crippen LogP contribution in [-0.2, 0) is 15.5 Å². The lowest BCUT2D eigenvalue weighted by Crippen LogP contribution is -2.06. The highest BCUT2D eigenvalue weighted by atomic mass is 35.5. The topological polar surface area (TPSA) is 26.3 Å². The lowest BCUT2D eigenvalue weighted by atomic mass is 10.1. The van der Waals surface area contributed by atoms with Gasteiger partial charge in [0.2, 0.25) is 0 Å². The van der Waals surface area contributed by atoms with Crippen molar-refractivity contribution in [1.29, 1.82) is 0 Å². The van der Waals surface area contributed by atoms with Crippen molar-refractivity contribution in [2.45, 2.75) is 18.7 Å². The smallest absolute Gasteiger partial charge is 0.346 e. The summed E-state index contributed by atoms with van der Waals surface area (Å²) < 4.78 is 4.04. The van der Waals surface area contributed by atoms with Crippen molar-refractivity contribution < 1.29 is 9.08 Å². The molecule has 0 aliphatic carbocycles. The number of carbonyl (C=O) groups excluding carboxylic acids is 1. The molecule has 0 amide bonds. The molecular formula is C10H10Cl2O2. The highest BCUT2D eigenvalue weighted by molar-refractivity contribution is 6.31. The number of rotatable bonds is 3. The van der Waals surface area contributed by atoms with Gasteiger partial charge in [-0.2, -0.15) is 0 Å². The minimum absolute atomic E-state index is 0.651. The second-order valence-corrected chi connectivity index (χ2v) is 3.45. The zero-order valence-corrected chi connectivity index (χ0v) is 9.18. The Kier molecular flexibility index (Phi) is 4.23. The second-order valence-electron chi connectivity index (χ2n) is 2.86. The summed E-state index contributed by atoms with van der Waals surface area (Å²) >= 11 is 10.8. The number of halogens is 2. The molecule has 0 saturated carbocycles. The van der Waals surface area contributed by atoms with Crippen molar-refractivity contribution in [2.75, 3.05) is 0 Å². The van der Waals surface area contributed by atoms with Crippen molar-refractivity contribution in [3.63, 3.8) is 0 Å². The fraction of sp³-hybridized carbons (Fsp3) is 0.300. The minimum atomic E-state index is -0.834. The molecule has 4 heteroatoms.